The van der Waals surface area contributed by atoms with Crippen molar-refractivity contribution < 1.29 is 28.5 Å². The van der Waals surface area contributed by atoms with Gasteiger partial charge in [0, 0.05) is 25.2 Å². The summed E-state index contributed by atoms with van der Waals surface area (Å²) in [5.74, 6) is 0.915. The minimum absolute atomic E-state index is 0.189. The van der Waals surface area contributed by atoms with Crippen LogP contribution in [0.5, 0.6) is 23.0 Å². The number of carbonyl (C=O) groups is 2. The highest BCUT2D eigenvalue weighted by Crippen LogP contribution is 2.38. The van der Waals surface area contributed by atoms with Crippen LogP contribution in [0.3, 0.4) is 0 Å². The number of amides is 2. The topological polar surface area (TPSA) is 86.3 Å². The molecule has 0 saturated heterocycles. The van der Waals surface area contributed by atoms with Crippen LogP contribution < -0.4 is 24.3 Å². The maximum Gasteiger partial charge on any atom is 0.256 e. The molecule has 2 amide bonds. The van der Waals surface area contributed by atoms with Gasteiger partial charge in [-0.05, 0) is 30.3 Å². The average molecular weight is 388 g/mol. The molecule has 2 rings (SSSR count). The molecule has 0 fully saturated rings. The molecule has 0 atom stereocenters. The van der Waals surface area contributed by atoms with Crippen molar-refractivity contribution in [2.24, 2.45) is 0 Å². The number of benzene rings is 2. The molecule has 0 aliphatic heterocycles. The Morgan fingerprint density at radius 2 is 1.36 bits per heavy atom. The second kappa shape index (κ2) is 8.98. The monoisotopic (exact) mass is 388 g/mol. The van der Waals surface area contributed by atoms with Gasteiger partial charge in [-0.15, -0.1) is 0 Å². The summed E-state index contributed by atoms with van der Waals surface area (Å²) in [6.07, 6.45) is 0. The zero-order valence-electron chi connectivity index (χ0n) is 16.8. The lowest BCUT2D eigenvalue weighted by molar-refractivity contribution is 0.0827. The van der Waals surface area contributed by atoms with Crippen LogP contribution in [0, 0.1) is 0 Å². The summed E-state index contributed by atoms with van der Waals surface area (Å²) >= 11 is 0. The smallest absolute Gasteiger partial charge is 0.256 e. The van der Waals surface area contributed by atoms with Crippen molar-refractivity contribution in [1.82, 2.24) is 4.90 Å². The van der Waals surface area contributed by atoms with Gasteiger partial charge in [-0.2, -0.15) is 0 Å². The number of anilines is 1. The zero-order chi connectivity index (χ0) is 20.8. The zero-order valence-corrected chi connectivity index (χ0v) is 16.8. The molecule has 0 heterocycles. The number of ether oxygens (including phenoxy) is 4. The van der Waals surface area contributed by atoms with E-state index in [-0.39, 0.29) is 5.91 Å². The van der Waals surface area contributed by atoms with Gasteiger partial charge in [0.1, 0.15) is 5.75 Å². The fourth-order valence-corrected chi connectivity index (χ4v) is 2.60. The quantitative estimate of drug-likeness (QED) is 0.785. The summed E-state index contributed by atoms with van der Waals surface area (Å²) in [5.41, 5.74) is 1.08. The fraction of sp³-hybridized carbons (Fsp3) is 0.300. The maximum atomic E-state index is 12.8. The van der Waals surface area contributed by atoms with Crippen LogP contribution in [0.25, 0.3) is 0 Å². The number of nitrogens with zero attached hydrogens (tertiary/aromatic N) is 1. The number of hydrogen-bond acceptors (Lipinski definition) is 6. The molecule has 0 radical (unpaired) electrons. The normalized spacial score (nSPS) is 10.1. The molecule has 0 aromatic heterocycles. The van der Waals surface area contributed by atoms with Gasteiger partial charge < -0.3 is 29.2 Å². The first-order chi connectivity index (χ1) is 13.4. The van der Waals surface area contributed by atoms with Gasteiger partial charge in [0.2, 0.25) is 5.75 Å². The third kappa shape index (κ3) is 4.28. The van der Waals surface area contributed by atoms with Crippen molar-refractivity contribution in [1.29, 1.82) is 0 Å². The van der Waals surface area contributed by atoms with Gasteiger partial charge in [0.15, 0.2) is 11.5 Å². The Morgan fingerprint density at radius 3 is 1.82 bits per heavy atom. The van der Waals surface area contributed by atoms with E-state index in [1.54, 1.807) is 32.3 Å². The van der Waals surface area contributed by atoms with Crippen molar-refractivity contribution in [3.05, 3.63) is 41.5 Å². The van der Waals surface area contributed by atoms with Gasteiger partial charge in [0.25, 0.3) is 11.8 Å². The minimum Gasteiger partial charge on any atom is -0.495 e. The molecule has 0 bridgehead atoms. The van der Waals surface area contributed by atoms with Gasteiger partial charge in [0.05, 0.1) is 34.1 Å². The number of carbonyl (C=O) groups excluding carboxylic acids is 2. The molecule has 8 nitrogen and oxygen atoms in total. The Hall–Kier alpha value is -3.42. The first-order valence-electron chi connectivity index (χ1n) is 8.37. The average Bonchev–Trinajstić information content (AvgIpc) is 2.71. The molecular formula is C20H24N2O6. The van der Waals surface area contributed by atoms with Crippen LogP contribution in [-0.2, 0) is 0 Å². The molecule has 0 unspecified atom stereocenters. The summed E-state index contributed by atoms with van der Waals surface area (Å²) in [5, 5.41) is 2.77. The predicted octanol–water partition coefficient (Wildman–Crippen LogP) is 2.68. The Bertz CT molecular complexity index is 854. The van der Waals surface area contributed by atoms with E-state index in [2.05, 4.69) is 5.32 Å². The van der Waals surface area contributed by atoms with Gasteiger partial charge >= 0.3 is 0 Å². The van der Waals surface area contributed by atoms with Crippen molar-refractivity contribution in [3.8, 4) is 23.0 Å². The Labute approximate surface area is 163 Å². The Kier molecular flexibility index (Phi) is 6.70. The Balaban J connectivity index is 2.41. The molecule has 2 aromatic carbocycles. The number of methoxy groups -OCH3 is 4. The van der Waals surface area contributed by atoms with Gasteiger partial charge in [-0.3, -0.25) is 9.59 Å². The van der Waals surface area contributed by atoms with Gasteiger partial charge in [-0.1, -0.05) is 0 Å². The predicted molar refractivity (Wildman–Crippen MR) is 105 cm³/mol. The minimum atomic E-state index is -0.424. The van der Waals surface area contributed by atoms with Crippen molar-refractivity contribution in [2.75, 3.05) is 47.9 Å². The summed E-state index contributed by atoms with van der Waals surface area (Å²) in [4.78, 5) is 26.5. The SMILES string of the molecule is COc1ccc(C(=O)N(C)C)cc1NC(=O)c1cc(OC)c(OC)c(OC)c1. The van der Waals surface area contributed by atoms with E-state index in [0.29, 0.717) is 39.8 Å². The second-order valence-electron chi connectivity index (χ2n) is 5.98. The summed E-state index contributed by atoms with van der Waals surface area (Å²) in [7, 11) is 9.22. The molecule has 0 aliphatic carbocycles. The summed E-state index contributed by atoms with van der Waals surface area (Å²) in [6, 6.07) is 7.91. The first kappa shape index (κ1) is 20.9. The number of rotatable bonds is 7. The first-order valence-corrected chi connectivity index (χ1v) is 8.37. The third-order valence-electron chi connectivity index (χ3n) is 4.03. The molecular weight excluding hydrogens is 364 g/mol. The highest BCUT2D eigenvalue weighted by Gasteiger charge is 2.19. The standard InChI is InChI=1S/C20H24N2O6/c1-22(2)20(24)12-7-8-15(25-3)14(9-12)21-19(23)13-10-16(26-4)18(28-6)17(11-13)27-5/h7-11H,1-6H3,(H,21,23). The molecule has 28 heavy (non-hydrogen) atoms. The van der Waals surface area contributed by atoms with E-state index in [1.807, 2.05) is 0 Å². The van der Waals surface area contributed by atoms with Crippen LogP contribution >= 0.6 is 0 Å². The molecule has 0 aliphatic rings. The van der Waals surface area contributed by atoms with Crippen LogP contribution in [0.2, 0.25) is 0 Å². The molecule has 8 heteroatoms. The molecule has 0 spiro atoms. The lowest BCUT2D eigenvalue weighted by Gasteiger charge is -2.16. The van der Waals surface area contributed by atoms with Gasteiger partial charge in [-0.25, -0.2) is 0 Å². The number of hydrogen-bond donors (Lipinski definition) is 1. The van der Waals surface area contributed by atoms with E-state index in [0.717, 1.165) is 0 Å². The molecule has 1 N–H and O–H groups in total. The molecule has 150 valence electrons. The van der Waals surface area contributed by atoms with E-state index in [1.165, 1.54) is 45.5 Å². The highest BCUT2D eigenvalue weighted by molar-refractivity contribution is 6.06. The maximum absolute atomic E-state index is 12.8. The van der Waals surface area contributed by atoms with Crippen molar-refractivity contribution in [3.63, 3.8) is 0 Å². The third-order valence-corrected chi connectivity index (χ3v) is 4.03. The van der Waals surface area contributed by atoms with Crippen LogP contribution in [0.1, 0.15) is 20.7 Å². The van der Waals surface area contributed by atoms with E-state index >= 15 is 0 Å². The van der Waals surface area contributed by atoms with E-state index in [9.17, 15) is 9.59 Å². The number of nitrogens with one attached hydrogen (secondary N) is 1. The summed E-state index contributed by atoms with van der Waals surface area (Å²) < 4.78 is 21.1. The second-order valence-corrected chi connectivity index (χ2v) is 5.98. The molecule has 2 aromatic rings. The summed E-state index contributed by atoms with van der Waals surface area (Å²) in [6.45, 7) is 0. The Morgan fingerprint density at radius 1 is 0.786 bits per heavy atom. The lowest BCUT2D eigenvalue weighted by atomic mass is 10.1. The van der Waals surface area contributed by atoms with Crippen molar-refractivity contribution >= 4 is 17.5 Å². The fourth-order valence-electron chi connectivity index (χ4n) is 2.60. The molecule has 0 saturated carbocycles. The lowest BCUT2D eigenvalue weighted by Crippen LogP contribution is -2.22. The highest BCUT2D eigenvalue weighted by atomic mass is 16.5. The van der Waals surface area contributed by atoms with Crippen LogP contribution in [-0.4, -0.2) is 59.2 Å². The van der Waals surface area contributed by atoms with Crippen molar-refractivity contribution in [2.45, 2.75) is 0 Å². The largest absolute Gasteiger partial charge is 0.495 e. The van der Waals surface area contributed by atoms with E-state index in [4.69, 9.17) is 18.9 Å². The van der Waals surface area contributed by atoms with E-state index < -0.39 is 5.91 Å². The van der Waals surface area contributed by atoms with Crippen LogP contribution in [0.15, 0.2) is 30.3 Å². The van der Waals surface area contributed by atoms with Crippen LogP contribution in [0.4, 0.5) is 5.69 Å².